The Morgan fingerprint density at radius 1 is 0.971 bits per heavy atom. The number of anilines is 1. The Hall–Kier alpha value is -4.85. The van der Waals surface area contributed by atoms with Crippen LogP contribution in [-0.2, 0) is 11.3 Å². The maximum absolute atomic E-state index is 14.4. The lowest BCUT2D eigenvalue weighted by atomic mass is 10.1. The Morgan fingerprint density at radius 2 is 1.89 bits per heavy atom. The second kappa shape index (κ2) is 11.3. The normalized spacial score (nSPS) is 10.7. The summed E-state index contributed by atoms with van der Waals surface area (Å²) in [5.41, 5.74) is 2.08. The average molecular weight is 468 g/mol. The van der Waals surface area contributed by atoms with Gasteiger partial charge in [-0.3, -0.25) is 19.6 Å². The second-order valence-electron chi connectivity index (χ2n) is 7.39. The molecule has 0 aliphatic heterocycles. The van der Waals surface area contributed by atoms with E-state index in [0.29, 0.717) is 29.1 Å². The first-order valence-corrected chi connectivity index (χ1v) is 10.7. The van der Waals surface area contributed by atoms with Crippen LogP contribution < -0.4 is 15.4 Å². The van der Waals surface area contributed by atoms with Crippen molar-refractivity contribution in [2.24, 2.45) is 0 Å². The predicted octanol–water partition coefficient (Wildman–Crippen LogP) is 4.99. The molecule has 0 saturated carbocycles. The summed E-state index contributed by atoms with van der Waals surface area (Å²) in [6.07, 6.45) is 7.50. The van der Waals surface area contributed by atoms with E-state index in [4.69, 9.17) is 4.74 Å². The third kappa shape index (κ3) is 6.82. The van der Waals surface area contributed by atoms with E-state index in [-0.39, 0.29) is 11.7 Å². The fraction of sp³-hybridized carbons (Fsp3) is 0.0370. The molecule has 174 valence electrons. The average Bonchev–Trinajstić information content (AvgIpc) is 2.89. The summed E-state index contributed by atoms with van der Waals surface area (Å²) < 4.78 is 19.8. The van der Waals surface area contributed by atoms with Gasteiger partial charge in [-0.1, -0.05) is 18.2 Å². The minimum absolute atomic E-state index is 0.0535. The van der Waals surface area contributed by atoms with E-state index in [1.54, 1.807) is 60.9 Å². The van der Waals surface area contributed by atoms with Crippen molar-refractivity contribution in [1.82, 2.24) is 15.3 Å². The number of halogens is 1. The first kappa shape index (κ1) is 23.3. The number of carbonyl (C=O) groups is 2. The van der Waals surface area contributed by atoms with Gasteiger partial charge in [-0.2, -0.15) is 0 Å². The first-order valence-electron chi connectivity index (χ1n) is 10.7. The van der Waals surface area contributed by atoms with Crippen LogP contribution in [0.4, 0.5) is 10.1 Å². The SMILES string of the molecule is O=C(/C=C/c1ccc(Oc2cccnc2)c(F)c1)Nc1cccc(C(=O)NCc2ccccn2)c1. The molecule has 0 spiro atoms. The number of nitrogens with zero attached hydrogens (tertiary/aromatic N) is 2. The van der Waals surface area contributed by atoms with Gasteiger partial charge in [0.25, 0.3) is 5.91 Å². The number of ether oxygens (including phenoxy) is 1. The number of carbonyl (C=O) groups excluding carboxylic acids is 2. The fourth-order valence-corrected chi connectivity index (χ4v) is 3.11. The highest BCUT2D eigenvalue weighted by atomic mass is 19.1. The molecule has 2 aromatic heterocycles. The molecule has 0 radical (unpaired) electrons. The van der Waals surface area contributed by atoms with E-state index in [0.717, 1.165) is 5.69 Å². The number of pyridine rings is 2. The Morgan fingerprint density at radius 3 is 2.66 bits per heavy atom. The highest BCUT2D eigenvalue weighted by molar-refractivity contribution is 6.03. The molecule has 0 bridgehead atoms. The van der Waals surface area contributed by atoms with Gasteiger partial charge in [-0.05, 0) is 66.2 Å². The summed E-state index contributed by atoms with van der Waals surface area (Å²) in [6.45, 7) is 0.293. The van der Waals surface area contributed by atoms with Gasteiger partial charge in [-0.25, -0.2) is 4.39 Å². The van der Waals surface area contributed by atoms with Crippen molar-refractivity contribution in [2.75, 3.05) is 5.32 Å². The van der Waals surface area contributed by atoms with Gasteiger partial charge in [0, 0.05) is 29.7 Å². The van der Waals surface area contributed by atoms with Crippen LogP contribution in [0.5, 0.6) is 11.5 Å². The maximum Gasteiger partial charge on any atom is 0.251 e. The monoisotopic (exact) mass is 468 g/mol. The van der Waals surface area contributed by atoms with Gasteiger partial charge in [0.1, 0.15) is 5.75 Å². The predicted molar refractivity (Wildman–Crippen MR) is 130 cm³/mol. The van der Waals surface area contributed by atoms with E-state index in [9.17, 15) is 14.0 Å². The lowest BCUT2D eigenvalue weighted by Gasteiger charge is -2.08. The van der Waals surface area contributed by atoms with Crippen LogP contribution in [0, 0.1) is 5.82 Å². The molecule has 0 aliphatic carbocycles. The number of amides is 2. The molecule has 4 aromatic rings. The molecule has 0 fully saturated rings. The van der Waals surface area contributed by atoms with Crippen LogP contribution in [-0.4, -0.2) is 21.8 Å². The molecule has 2 N–H and O–H groups in total. The number of hydrogen-bond donors (Lipinski definition) is 2. The standard InChI is InChI=1S/C27H21FN4O3/c28-24-15-19(9-11-25(24)35-23-8-4-13-29-18-23)10-12-26(33)32-21-7-3-5-20(16-21)27(34)31-17-22-6-1-2-14-30-22/h1-16,18H,17H2,(H,31,34)(H,32,33)/b12-10+. The van der Waals surface area contributed by atoms with E-state index >= 15 is 0 Å². The lowest BCUT2D eigenvalue weighted by Crippen LogP contribution is -2.23. The van der Waals surface area contributed by atoms with Crippen molar-refractivity contribution < 1.29 is 18.7 Å². The molecule has 0 aliphatic rings. The number of aromatic nitrogens is 2. The Labute approximate surface area is 201 Å². The quantitative estimate of drug-likeness (QED) is 0.356. The van der Waals surface area contributed by atoms with Crippen molar-refractivity contribution in [3.63, 3.8) is 0 Å². The second-order valence-corrected chi connectivity index (χ2v) is 7.39. The van der Waals surface area contributed by atoms with Crippen molar-refractivity contribution in [1.29, 1.82) is 0 Å². The van der Waals surface area contributed by atoms with Gasteiger partial charge >= 0.3 is 0 Å². The van der Waals surface area contributed by atoms with Gasteiger partial charge in [0.05, 0.1) is 18.4 Å². The Bertz CT molecular complexity index is 1350. The van der Waals surface area contributed by atoms with Crippen LogP contribution >= 0.6 is 0 Å². The minimum atomic E-state index is -0.569. The van der Waals surface area contributed by atoms with Crippen molar-refractivity contribution in [2.45, 2.75) is 6.54 Å². The van der Waals surface area contributed by atoms with E-state index in [2.05, 4.69) is 20.6 Å². The highest BCUT2D eigenvalue weighted by Crippen LogP contribution is 2.25. The first-order chi connectivity index (χ1) is 17.1. The summed E-state index contributed by atoms with van der Waals surface area (Å²) in [5.74, 6) is -0.807. The third-order valence-electron chi connectivity index (χ3n) is 4.79. The molecule has 8 heteroatoms. The number of nitrogens with one attached hydrogen (secondary N) is 2. The maximum atomic E-state index is 14.4. The molecule has 0 atom stereocenters. The highest BCUT2D eigenvalue weighted by Gasteiger charge is 2.08. The summed E-state index contributed by atoms with van der Waals surface area (Å²) in [7, 11) is 0. The molecule has 35 heavy (non-hydrogen) atoms. The summed E-state index contributed by atoms with van der Waals surface area (Å²) in [6, 6.07) is 19.8. The van der Waals surface area contributed by atoms with Crippen molar-refractivity contribution in [3.8, 4) is 11.5 Å². The topological polar surface area (TPSA) is 93.2 Å². The third-order valence-corrected chi connectivity index (χ3v) is 4.79. The molecule has 2 heterocycles. The molecule has 0 unspecified atom stereocenters. The molecular weight excluding hydrogens is 447 g/mol. The van der Waals surface area contributed by atoms with Gasteiger partial charge in [0.2, 0.25) is 5.91 Å². The van der Waals surface area contributed by atoms with Crippen molar-refractivity contribution in [3.05, 3.63) is 120 Å². The number of hydrogen-bond acceptors (Lipinski definition) is 5. The van der Waals surface area contributed by atoms with E-state index in [1.165, 1.54) is 30.5 Å². The summed E-state index contributed by atoms with van der Waals surface area (Å²) in [5, 5.41) is 5.49. The largest absolute Gasteiger partial charge is 0.453 e. The zero-order valence-electron chi connectivity index (χ0n) is 18.5. The fourth-order valence-electron chi connectivity index (χ4n) is 3.11. The number of rotatable bonds is 8. The smallest absolute Gasteiger partial charge is 0.251 e. The zero-order valence-corrected chi connectivity index (χ0v) is 18.5. The van der Waals surface area contributed by atoms with Gasteiger partial charge in [-0.15, -0.1) is 0 Å². The van der Waals surface area contributed by atoms with Crippen molar-refractivity contribution >= 4 is 23.6 Å². The molecule has 2 amide bonds. The van der Waals surface area contributed by atoms with Gasteiger partial charge < -0.3 is 15.4 Å². The number of benzene rings is 2. The zero-order chi connectivity index (χ0) is 24.5. The van der Waals surface area contributed by atoms with E-state index in [1.807, 2.05) is 12.1 Å². The van der Waals surface area contributed by atoms with E-state index < -0.39 is 11.7 Å². The van der Waals surface area contributed by atoms with Crippen LogP contribution in [0.25, 0.3) is 6.08 Å². The lowest BCUT2D eigenvalue weighted by molar-refractivity contribution is -0.111. The molecule has 7 nitrogen and oxygen atoms in total. The Balaban J connectivity index is 1.34. The van der Waals surface area contributed by atoms with Gasteiger partial charge in [0.15, 0.2) is 11.6 Å². The van der Waals surface area contributed by atoms with Crippen LogP contribution in [0.1, 0.15) is 21.6 Å². The minimum Gasteiger partial charge on any atom is -0.453 e. The molecule has 4 rings (SSSR count). The molecule has 0 saturated heterocycles. The molecule has 2 aromatic carbocycles. The summed E-state index contributed by atoms with van der Waals surface area (Å²) in [4.78, 5) is 32.8. The Kier molecular flexibility index (Phi) is 7.55. The van der Waals surface area contributed by atoms with Crippen LogP contribution in [0.3, 0.4) is 0 Å². The van der Waals surface area contributed by atoms with Crippen LogP contribution in [0.2, 0.25) is 0 Å². The van der Waals surface area contributed by atoms with Crippen LogP contribution in [0.15, 0.2) is 97.5 Å². The molecular formula is C27H21FN4O3. The summed E-state index contributed by atoms with van der Waals surface area (Å²) >= 11 is 0.